The van der Waals surface area contributed by atoms with Gasteiger partial charge in [0.05, 0.1) is 0 Å². The van der Waals surface area contributed by atoms with E-state index in [9.17, 15) is 0 Å². The van der Waals surface area contributed by atoms with E-state index in [1.165, 1.54) is 76.6 Å². The Bertz CT molecular complexity index is 2200. The maximum atomic E-state index is 4.27. The molecule has 2 aromatic heterocycles. The second-order valence-corrected chi connectivity index (χ2v) is 13.1. The van der Waals surface area contributed by atoms with Crippen LogP contribution in [-0.2, 0) is 5.41 Å². The number of nitrogens with zero attached hydrogens (tertiary/aromatic N) is 4. The molecule has 0 N–H and O–H groups in total. The molecule has 0 aliphatic heterocycles. The molecule has 2 aliphatic carbocycles. The Morgan fingerprint density at radius 1 is 0.375 bits per heavy atom. The number of rotatable bonds is 5. The van der Waals surface area contributed by atoms with Crippen LogP contribution in [0.25, 0.3) is 66.8 Å². The molecule has 0 amide bonds. The average molecular weight is 619 g/mol. The highest BCUT2D eigenvalue weighted by Gasteiger charge is 2.44. The first-order valence-electron chi connectivity index (χ1n) is 16.9. The number of benzene rings is 5. The normalized spacial score (nSPS) is 14.4. The maximum Gasteiger partial charge on any atom is 0.115 e. The zero-order valence-corrected chi connectivity index (χ0v) is 26.7. The molecule has 4 nitrogen and oxygen atoms in total. The Hall–Kier alpha value is -5.74. The Kier molecular flexibility index (Phi) is 7.01. The van der Waals surface area contributed by atoms with Crippen LogP contribution in [0.4, 0.5) is 0 Å². The lowest BCUT2D eigenvalue weighted by Crippen LogP contribution is -2.27. The lowest BCUT2D eigenvalue weighted by atomic mass is 9.68. The maximum absolute atomic E-state index is 4.27. The summed E-state index contributed by atoms with van der Waals surface area (Å²) in [6, 6.07) is 40.7. The molecule has 0 unspecified atom stereocenters. The van der Waals surface area contributed by atoms with Gasteiger partial charge in [-0.3, -0.25) is 0 Å². The molecule has 7 aromatic rings. The minimum absolute atomic E-state index is 0.165. The monoisotopic (exact) mass is 618 g/mol. The summed E-state index contributed by atoms with van der Waals surface area (Å²) in [6.07, 6.45) is 17.0. The zero-order chi connectivity index (χ0) is 31.9. The summed E-state index contributed by atoms with van der Waals surface area (Å²) < 4.78 is 0. The summed E-state index contributed by atoms with van der Waals surface area (Å²) in [5.74, 6) is 0. The van der Waals surface area contributed by atoms with Crippen molar-refractivity contribution in [3.63, 3.8) is 0 Å². The van der Waals surface area contributed by atoms with E-state index in [-0.39, 0.29) is 5.41 Å². The summed E-state index contributed by atoms with van der Waals surface area (Å²) >= 11 is 0. The molecule has 1 fully saturated rings. The Labute approximate surface area is 281 Å². The van der Waals surface area contributed by atoms with Crippen LogP contribution in [0.5, 0.6) is 0 Å². The Morgan fingerprint density at radius 3 is 1.54 bits per heavy atom. The second kappa shape index (κ2) is 11.8. The summed E-state index contributed by atoms with van der Waals surface area (Å²) in [6.45, 7) is 0. The van der Waals surface area contributed by atoms with Crippen molar-refractivity contribution in [2.24, 2.45) is 0 Å². The van der Waals surface area contributed by atoms with Crippen molar-refractivity contribution in [1.82, 2.24) is 19.9 Å². The van der Waals surface area contributed by atoms with Gasteiger partial charge in [-0.15, -0.1) is 0 Å². The van der Waals surface area contributed by atoms with Crippen molar-refractivity contribution in [3.05, 3.63) is 158 Å². The van der Waals surface area contributed by atoms with Gasteiger partial charge in [-0.05, 0) is 104 Å². The molecule has 2 heterocycles. The summed E-state index contributed by atoms with van der Waals surface area (Å²) in [7, 11) is 0. The van der Waals surface area contributed by atoms with Crippen LogP contribution >= 0.6 is 0 Å². The summed E-state index contributed by atoms with van der Waals surface area (Å²) in [4.78, 5) is 17.1. The molecule has 230 valence electrons. The SMILES string of the molecule is c1cc(-c2ccc(-c3cccc4c3-c3ccccc3C43CCCCC3)cc2)cc(-c2cc(-c3cncnc3)cc(-c3cncnc3)c2)c1. The molecule has 4 heteroatoms. The third kappa shape index (κ3) is 4.84. The fourth-order valence-electron chi connectivity index (χ4n) is 8.18. The molecular formula is C44H34N4. The van der Waals surface area contributed by atoms with Gasteiger partial charge in [-0.2, -0.15) is 0 Å². The summed E-state index contributed by atoms with van der Waals surface area (Å²) in [5.41, 5.74) is 17.4. The topological polar surface area (TPSA) is 51.6 Å². The van der Waals surface area contributed by atoms with Gasteiger partial charge in [-0.1, -0.05) is 104 Å². The van der Waals surface area contributed by atoms with E-state index in [0.29, 0.717) is 0 Å². The van der Waals surface area contributed by atoms with E-state index < -0.39 is 0 Å². The molecule has 48 heavy (non-hydrogen) atoms. The number of hydrogen-bond acceptors (Lipinski definition) is 4. The average Bonchev–Trinajstić information content (AvgIpc) is 3.44. The first-order valence-corrected chi connectivity index (χ1v) is 16.9. The smallest absolute Gasteiger partial charge is 0.115 e. The van der Waals surface area contributed by atoms with Crippen LogP contribution in [0, 0.1) is 0 Å². The molecule has 2 aliphatic rings. The minimum atomic E-state index is 0.165. The van der Waals surface area contributed by atoms with E-state index >= 15 is 0 Å². The van der Waals surface area contributed by atoms with Gasteiger partial charge in [0.25, 0.3) is 0 Å². The fourth-order valence-corrected chi connectivity index (χ4v) is 8.18. The molecule has 0 radical (unpaired) electrons. The van der Waals surface area contributed by atoms with Gasteiger partial charge in [-0.25, -0.2) is 19.9 Å². The highest BCUT2D eigenvalue weighted by atomic mass is 14.8. The Morgan fingerprint density at radius 2 is 0.875 bits per heavy atom. The number of hydrogen-bond donors (Lipinski definition) is 0. The van der Waals surface area contributed by atoms with Gasteiger partial charge in [0.2, 0.25) is 0 Å². The predicted octanol–water partition coefficient (Wildman–Crippen LogP) is 10.8. The molecule has 0 saturated heterocycles. The first kappa shape index (κ1) is 28.5. The molecule has 0 bridgehead atoms. The van der Waals surface area contributed by atoms with E-state index in [1.807, 2.05) is 24.8 Å². The third-order valence-corrected chi connectivity index (χ3v) is 10.4. The third-order valence-electron chi connectivity index (χ3n) is 10.4. The molecule has 1 saturated carbocycles. The second-order valence-electron chi connectivity index (χ2n) is 13.1. The largest absolute Gasteiger partial charge is 0.244 e. The van der Waals surface area contributed by atoms with E-state index in [0.717, 1.165) is 33.4 Å². The van der Waals surface area contributed by atoms with Gasteiger partial charge >= 0.3 is 0 Å². The highest BCUT2D eigenvalue weighted by Crippen LogP contribution is 2.57. The highest BCUT2D eigenvalue weighted by molar-refractivity contribution is 5.93. The van der Waals surface area contributed by atoms with Crippen molar-refractivity contribution in [2.45, 2.75) is 37.5 Å². The first-order chi connectivity index (χ1) is 23.8. The number of aromatic nitrogens is 4. The van der Waals surface area contributed by atoms with Crippen molar-refractivity contribution in [3.8, 4) is 66.8 Å². The molecule has 0 atom stereocenters. The van der Waals surface area contributed by atoms with Crippen LogP contribution in [0.3, 0.4) is 0 Å². The van der Waals surface area contributed by atoms with E-state index in [4.69, 9.17) is 0 Å². The van der Waals surface area contributed by atoms with Crippen LogP contribution < -0.4 is 0 Å². The van der Waals surface area contributed by atoms with Crippen LogP contribution in [0.15, 0.2) is 147 Å². The lowest BCUT2D eigenvalue weighted by Gasteiger charge is -2.36. The quantitative estimate of drug-likeness (QED) is 0.193. The van der Waals surface area contributed by atoms with Gasteiger partial charge in [0.1, 0.15) is 12.7 Å². The summed E-state index contributed by atoms with van der Waals surface area (Å²) in [5, 5.41) is 0. The van der Waals surface area contributed by atoms with Crippen LogP contribution in [-0.4, -0.2) is 19.9 Å². The van der Waals surface area contributed by atoms with Crippen LogP contribution in [0.1, 0.15) is 43.2 Å². The molecule has 1 spiro atoms. The van der Waals surface area contributed by atoms with Gasteiger partial charge in [0, 0.05) is 41.3 Å². The van der Waals surface area contributed by atoms with Crippen LogP contribution in [0.2, 0.25) is 0 Å². The molecule has 5 aromatic carbocycles. The molecular weight excluding hydrogens is 585 g/mol. The standard InChI is InChI=1S/C44H34N4/c1-4-18-44(19-5-1)41-12-3-2-10-40(41)43-39(11-7-13-42(43)44)31-16-14-30(15-17-31)32-8-6-9-33(20-32)34-21-35(37-24-45-28-46-25-37)23-36(22-34)38-26-47-29-48-27-38/h2-3,6-17,20-29H,1,4-5,18-19H2. The Balaban J connectivity index is 1.09. The number of fused-ring (bicyclic) bond motifs is 5. The van der Waals surface area contributed by atoms with Crippen molar-refractivity contribution in [2.75, 3.05) is 0 Å². The van der Waals surface area contributed by atoms with E-state index in [2.05, 4.69) is 129 Å². The van der Waals surface area contributed by atoms with Gasteiger partial charge in [0.15, 0.2) is 0 Å². The van der Waals surface area contributed by atoms with Crippen molar-refractivity contribution in [1.29, 1.82) is 0 Å². The van der Waals surface area contributed by atoms with Crippen molar-refractivity contribution >= 4 is 0 Å². The predicted molar refractivity (Wildman–Crippen MR) is 194 cm³/mol. The minimum Gasteiger partial charge on any atom is -0.244 e. The van der Waals surface area contributed by atoms with E-state index in [1.54, 1.807) is 12.7 Å². The van der Waals surface area contributed by atoms with Gasteiger partial charge < -0.3 is 0 Å². The van der Waals surface area contributed by atoms with Crippen molar-refractivity contribution < 1.29 is 0 Å². The lowest BCUT2D eigenvalue weighted by molar-refractivity contribution is 0.353. The molecule has 9 rings (SSSR count). The zero-order valence-electron chi connectivity index (χ0n) is 26.7. The fraction of sp³-hybridized carbons (Fsp3) is 0.136.